The highest BCUT2D eigenvalue weighted by Crippen LogP contribution is 2.19. The Morgan fingerprint density at radius 2 is 1.75 bits per heavy atom. The molecule has 5 nitrogen and oxygen atoms in total. The summed E-state index contributed by atoms with van der Waals surface area (Å²) >= 11 is 0. The van der Waals surface area contributed by atoms with E-state index in [0.29, 0.717) is 12.2 Å². The summed E-state index contributed by atoms with van der Waals surface area (Å²) in [7, 11) is 0. The van der Waals surface area contributed by atoms with Gasteiger partial charge in [-0.3, -0.25) is 9.80 Å². The molecule has 1 amide bonds. The van der Waals surface area contributed by atoms with E-state index < -0.39 is 12.2 Å². The lowest BCUT2D eigenvalue weighted by Crippen LogP contribution is -2.43. The topological polar surface area (TPSA) is 64.0 Å². The van der Waals surface area contributed by atoms with Crippen LogP contribution in [0.5, 0.6) is 0 Å². The number of carbonyl (C=O) groups is 1. The van der Waals surface area contributed by atoms with Gasteiger partial charge in [-0.05, 0) is 29.7 Å². The molecule has 2 N–H and O–H groups in total. The smallest absolute Gasteiger partial charge is 0.411 e. The normalized spacial score (nSPS) is 15.5. The molecule has 1 atom stereocenters. The molecule has 1 aliphatic heterocycles. The molecule has 1 aliphatic rings. The third kappa shape index (κ3) is 3.93. The van der Waals surface area contributed by atoms with E-state index in [-0.39, 0.29) is 6.54 Å². The van der Waals surface area contributed by atoms with Crippen LogP contribution in [0, 0.1) is 0 Å². The molecule has 0 saturated carbocycles. The van der Waals surface area contributed by atoms with Crippen molar-refractivity contribution in [1.29, 1.82) is 0 Å². The summed E-state index contributed by atoms with van der Waals surface area (Å²) in [6.45, 7) is 2.21. The van der Waals surface area contributed by atoms with Crippen molar-refractivity contribution in [1.82, 2.24) is 4.90 Å². The molecule has 5 heteroatoms. The third-order valence-corrected chi connectivity index (χ3v) is 4.37. The molecule has 0 aliphatic carbocycles. The highest BCUT2D eigenvalue weighted by molar-refractivity contribution is 5.85. The number of amides is 1. The van der Waals surface area contributed by atoms with Crippen LogP contribution < -0.4 is 4.90 Å². The Kier molecular flexibility index (Phi) is 5.13. The first-order valence-corrected chi connectivity index (χ1v) is 8.16. The fourth-order valence-corrected chi connectivity index (χ4v) is 3.18. The van der Waals surface area contributed by atoms with Gasteiger partial charge in [0.1, 0.15) is 0 Å². The molecular weight excluding hydrogens is 304 g/mol. The first kappa shape index (κ1) is 16.5. The summed E-state index contributed by atoms with van der Waals surface area (Å²) in [6, 6.07) is 17.2. The molecule has 0 aromatic heterocycles. The van der Waals surface area contributed by atoms with Crippen molar-refractivity contribution in [2.24, 2.45) is 0 Å². The molecule has 0 radical (unpaired) electrons. The summed E-state index contributed by atoms with van der Waals surface area (Å²) in [4.78, 5) is 14.9. The van der Waals surface area contributed by atoms with Gasteiger partial charge in [-0.2, -0.15) is 0 Å². The Hall–Kier alpha value is -2.37. The minimum absolute atomic E-state index is 0.0670. The van der Waals surface area contributed by atoms with Crippen molar-refractivity contribution < 1.29 is 15.0 Å². The molecule has 0 saturated heterocycles. The van der Waals surface area contributed by atoms with Crippen molar-refractivity contribution in [2.75, 3.05) is 24.5 Å². The van der Waals surface area contributed by atoms with Gasteiger partial charge in [0.15, 0.2) is 0 Å². The van der Waals surface area contributed by atoms with E-state index in [1.807, 2.05) is 18.2 Å². The van der Waals surface area contributed by atoms with E-state index in [0.717, 1.165) is 19.5 Å². The van der Waals surface area contributed by atoms with Crippen LogP contribution >= 0.6 is 0 Å². The van der Waals surface area contributed by atoms with Gasteiger partial charge in [-0.15, -0.1) is 0 Å². The monoisotopic (exact) mass is 326 g/mol. The minimum Gasteiger partial charge on any atom is -0.465 e. The number of β-amino-alcohol motifs (C(OH)–C–C–N with tert-alkyl or cyclic N) is 1. The fraction of sp³-hybridized carbons (Fsp3) is 0.316. The molecule has 0 spiro atoms. The molecule has 1 heterocycles. The molecule has 3 rings (SSSR count). The molecule has 24 heavy (non-hydrogen) atoms. The number of aliphatic hydroxyl groups is 1. The van der Waals surface area contributed by atoms with Crippen LogP contribution in [0.2, 0.25) is 0 Å². The Morgan fingerprint density at radius 3 is 2.46 bits per heavy atom. The lowest BCUT2D eigenvalue weighted by molar-refractivity contribution is 0.108. The van der Waals surface area contributed by atoms with Crippen molar-refractivity contribution in [3.8, 4) is 0 Å². The maximum atomic E-state index is 11.5. The predicted molar refractivity (Wildman–Crippen MR) is 93.2 cm³/mol. The molecule has 2 aromatic rings. The number of nitrogens with zero attached hydrogens (tertiary/aromatic N) is 2. The summed E-state index contributed by atoms with van der Waals surface area (Å²) in [5.74, 6) is 0. The van der Waals surface area contributed by atoms with E-state index in [1.54, 1.807) is 24.3 Å². The number of aliphatic hydroxyl groups excluding tert-OH is 1. The zero-order valence-corrected chi connectivity index (χ0v) is 13.5. The second kappa shape index (κ2) is 7.47. The zero-order chi connectivity index (χ0) is 16.9. The van der Waals surface area contributed by atoms with Crippen molar-refractivity contribution in [3.63, 3.8) is 0 Å². The highest BCUT2D eigenvalue weighted by atomic mass is 16.4. The lowest BCUT2D eigenvalue weighted by atomic mass is 10.00. The SMILES string of the molecule is O=C(O)N(C[C@H](O)CN1CCc2ccccc2C1)c1ccccc1. The number of benzene rings is 2. The number of anilines is 1. The molecule has 0 fully saturated rings. The number of rotatable bonds is 5. The van der Waals surface area contributed by atoms with Crippen molar-refractivity contribution in [3.05, 3.63) is 65.7 Å². The van der Waals surface area contributed by atoms with E-state index in [2.05, 4.69) is 17.0 Å². The Labute approximate surface area is 141 Å². The summed E-state index contributed by atoms with van der Waals surface area (Å²) < 4.78 is 0. The first-order chi connectivity index (χ1) is 11.6. The van der Waals surface area contributed by atoms with Gasteiger partial charge in [0, 0.05) is 25.3 Å². The molecule has 0 bridgehead atoms. The Balaban J connectivity index is 1.61. The number of carboxylic acid groups (broad SMARTS) is 1. The van der Waals surface area contributed by atoms with Crippen LogP contribution in [-0.4, -0.2) is 46.9 Å². The van der Waals surface area contributed by atoms with Gasteiger partial charge in [0.25, 0.3) is 0 Å². The average Bonchev–Trinajstić information content (AvgIpc) is 2.60. The number of fused-ring (bicyclic) bond motifs is 1. The van der Waals surface area contributed by atoms with E-state index in [1.165, 1.54) is 16.0 Å². The second-order valence-electron chi connectivity index (χ2n) is 6.14. The van der Waals surface area contributed by atoms with Gasteiger partial charge >= 0.3 is 6.09 Å². The largest absolute Gasteiger partial charge is 0.465 e. The molecule has 0 unspecified atom stereocenters. The standard InChI is InChI=1S/C19H22N2O3/c22-18(14-21(19(23)24)17-8-2-1-3-9-17)13-20-11-10-15-6-4-5-7-16(15)12-20/h1-9,18,22H,10-14H2,(H,23,24)/t18-/m1/s1. The second-order valence-corrected chi connectivity index (χ2v) is 6.14. The van der Waals surface area contributed by atoms with E-state index in [9.17, 15) is 15.0 Å². The van der Waals surface area contributed by atoms with Crippen LogP contribution in [0.3, 0.4) is 0 Å². The maximum Gasteiger partial charge on any atom is 0.411 e. The number of para-hydroxylation sites is 1. The van der Waals surface area contributed by atoms with Gasteiger partial charge in [0.05, 0.1) is 12.6 Å². The van der Waals surface area contributed by atoms with Crippen LogP contribution in [-0.2, 0) is 13.0 Å². The van der Waals surface area contributed by atoms with Crippen LogP contribution in [0.1, 0.15) is 11.1 Å². The average molecular weight is 326 g/mol. The number of hydrogen-bond acceptors (Lipinski definition) is 3. The van der Waals surface area contributed by atoms with E-state index >= 15 is 0 Å². The summed E-state index contributed by atoms with van der Waals surface area (Å²) in [5.41, 5.74) is 3.22. The Bertz CT molecular complexity index is 690. The minimum atomic E-state index is -1.05. The molecule has 2 aromatic carbocycles. The van der Waals surface area contributed by atoms with Gasteiger partial charge in [-0.1, -0.05) is 42.5 Å². The molecule has 126 valence electrons. The van der Waals surface area contributed by atoms with Crippen LogP contribution in [0.15, 0.2) is 54.6 Å². The quantitative estimate of drug-likeness (QED) is 0.886. The first-order valence-electron chi connectivity index (χ1n) is 8.16. The van der Waals surface area contributed by atoms with Gasteiger partial charge < -0.3 is 10.2 Å². The lowest BCUT2D eigenvalue weighted by Gasteiger charge is -2.31. The predicted octanol–water partition coefficient (Wildman–Crippen LogP) is 2.59. The Morgan fingerprint density at radius 1 is 1.08 bits per heavy atom. The molecular formula is C19H22N2O3. The van der Waals surface area contributed by atoms with E-state index in [4.69, 9.17) is 0 Å². The fourth-order valence-electron chi connectivity index (χ4n) is 3.18. The zero-order valence-electron chi connectivity index (χ0n) is 13.5. The van der Waals surface area contributed by atoms with Gasteiger partial charge in [0.2, 0.25) is 0 Å². The highest BCUT2D eigenvalue weighted by Gasteiger charge is 2.22. The third-order valence-electron chi connectivity index (χ3n) is 4.37. The van der Waals surface area contributed by atoms with Crippen molar-refractivity contribution >= 4 is 11.8 Å². The van der Waals surface area contributed by atoms with Crippen LogP contribution in [0.4, 0.5) is 10.5 Å². The van der Waals surface area contributed by atoms with Crippen LogP contribution in [0.25, 0.3) is 0 Å². The number of hydrogen-bond donors (Lipinski definition) is 2. The summed E-state index contributed by atoms with van der Waals surface area (Å²) in [6.07, 6.45) is -0.819. The maximum absolute atomic E-state index is 11.5. The van der Waals surface area contributed by atoms with Crippen molar-refractivity contribution in [2.45, 2.75) is 19.1 Å². The summed E-state index contributed by atoms with van der Waals surface area (Å²) in [5, 5.41) is 19.8. The van der Waals surface area contributed by atoms with Gasteiger partial charge in [-0.25, -0.2) is 4.79 Å².